The van der Waals surface area contributed by atoms with Crippen LogP contribution >= 0.6 is 11.8 Å². The Hall–Kier alpha value is -3.58. The molecule has 7 heteroatoms. The Balaban J connectivity index is 1.41. The Kier molecular flexibility index (Phi) is 6.11. The number of para-hydroxylation sites is 2. The van der Waals surface area contributed by atoms with Crippen LogP contribution in [0, 0.1) is 6.92 Å². The van der Waals surface area contributed by atoms with Gasteiger partial charge in [-0.1, -0.05) is 24.3 Å². The third-order valence-electron chi connectivity index (χ3n) is 6.23. The molecule has 0 bridgehead atoms. The van der Waals surface area contributed by atoms with E-state index in [9.17, 15) is 14.4 Å². The number of nitrogens with zero attached hydrogens (tertiary/aromatic N) is 2. The van der Waals surface area contributed by atoms with E-state index in [1.165, 1.54) is 0 Å². The minimum atomic E-state index is -0.200. The van der Waals surface area contributed by atoms with Gasteiger partial charge in [0.2, 0.25) is 5.91 Å². The number of aryl methyl sites for hydroxylation is 1. The molecule has 1 aliphatic rings. The van der Waals surface area contributed by atoms with Crippen molar-refractivity contribution in [2.24, 2.45) is 0 Å². The standard InChI is InChI=1S/C27H25N3O3S/c1-18-16-19(27(33)29-12-14-34-15-13-29)10-11-22(18)28-25(31)17-30-23-8-4-2-6-20(23)26(32)21-7-3-5-9-24(21)30/h2-11,16H,12-15,17H2,1H3,(H,28,31). The summed E-state index contributed by atoms with van der Waals surface area (Å²) in [6, 6.07) is 20.1. The van der Waals surface area contributed by atoms with Crippen LogP contribution in [0.15, 0.2) is 71.5 Å². The van der Waals surface area contributed by atoms with E-state index < -0.39 is 0 Å². The molecule has 0 unspecified atom stereocenters. The highest BCUT2D eigenvalue weighted by atomic mass is 32.2. The Morgan fingerprint density at radius 3 is 2.15 bits per heavy atom. The van der Waals surface area contributed by atoms with Gasteiger partial charge in [-0.15, -0.1) is 0 Å². The topological polar surface area (TPSA) is 71.4 Å². The van der Waals surface area contributed by atoms with Crippen LogP contribution in [0.4, 0.5) is 5.69 Å². The first-order valence-electron chi connectivity index (χ1n) is 11.3. The van der Waals surface area contributed by atoms with Gasteiger partial charge in [0, 0.05) is 46.6 Å². The van der Waals surface area contributed by atoms with Gasteiger partial charge >= 0.3 is 0 Å². The second-order valence-electron chi connectivity index (χ2n) is 8.43. The molecule has 1 fully saturated rings. The summed E-state index contributed by atoms with van der Waals surface area (Å²) in [7, 11) is 0. The van der Waals surface area contributed by atoms with Crippen LogP contribution in [0.3, 0.4) is 0 Å². The van der Waals surface area contributed by atoms with Crippen LogP contribution in [-0.2, 0) is 11.3 Å². The molecule has 2 amide bonds. The summed E-state index contributed by atoms with van der Waals surface area (Å²) in [6.07, 6.45) is 0. The van der Waals surface area contributed by atoms with Crippen molar-refractivity contribution in [3.8, 4) is 0 Å². The first kappa shape index (κ1) is 22.2. The highest BCUT2D eigenvalue weighted by Gasteiger charge is 2.19. The van der Waals surface area contributed by atoms with Crippen molar-refractivity contribution >= 4 is 51.1 Å². The van der Waals surface area contributed by atoms with E-state index in [0.29, 0.717) is 22.0 Å². The third-order valence-corrected chi connectivity index (χ3v) is 7.17. The maximum atomic E-state index is 13.1. The van der Waals surface area contributed by atoms with Crippen molar-refractivity contribution in [3.05, 3.63) is 88.1 Å². The summed E-state index contributed by atoms with van der Waals surface area (Å²) in [5, 5.41) is 4.16. The summed E-state index contributed by atoms with van der Waals surface area (Å²) < 4.78 is 1.88. The molecule has 4 aromatic rings. The van der Waals surface area contributed by atoms with Crippen molar-refractivity contribution in [1.82, 2.24) is 9.47 Å². The predicted octanol–water partition coefficient (Wildman–Crippen LogP) is 4.29. The number of amides is 2. The minimum absolute atomic E-state index is 0.0347. The van der Waals surface area contributed by atoms with Gasteiger partial charge in [-0.05, 0) is 55.0 Å². The van der Waals surface area contributed by atoms with E-state index in [2.05, 4.69) is 5.32 Å². The zero-order valence-corrected chi connectivity index (χ0v) is 19.7. The average Bonchev–Trinajstić information content (AvgIpc) is 2.88. The number of hydrogen-bond acceptors (Lipinski definition) is 4. The van der Waals surface area contributed by atoms with Gasteiger partial charge in [0.1, 0.15) is 6.54 Å². The molecular weight excluding hydrogens is 446 g/mol. The number of benzene rings is 3. The quantitative estimate of drug-likeness (QED) is 0.451. The predicted molar refractivity (Wildman–Crippen MR) is 139 cm³/mol. The molecule has 34 heavy (non-hydrogen) atoms. The molecule has 1 N–H and O–H groups in total. The summed E-state index contributed by atoms with van der Waals surface area (Å²) in [4.78, 5) is 40.7. The maximum Gasteiger partial charge on any atom is 0.253 e. The summed E-state index contributed by atoms with van der Waals surface area (Å²) in [5.74, 6) is 1.77. The minimum Gasteiger partial charge on any atom is -0.337 e. The van der Waals surface area contributed by atoms with Crippen molar-refractivity contribution in [2.45, 2.75) is 13.5 Å². The van der Waals surface area contributed by atoms with Crippen molar-refractivity contribution in [2.75, 3.05) is 29.9 Å². The second kappa shape index (κ2) is 9.35. The molecule has 1 aromatic heterocycles. The Morgan fingerprint density at radius 2 is 1.53 bits per heavy atom. The lowest BCUT2D eigenvalue weighted by atomic mass is 10.1. The number of aromatic nitrogens is 1. The average molecular weight is 472 g/mol. The largest absolute Gasteiger partial charge is 0.337 e. The molecule has 0 saturated carbocycles. The van der Waals surface area contributed by atoms with E-state index in [-0.39, 0.29) is 23.8 Å². The van der Waals surface area contributed by atoms with Crippen LogP contribution in [0.1, 0.15) is 15.9 Å². The molecule has 1 saturated heterocycles. The van der Waals surface area contributed by atoms with Gasteiger partial charge in [-0.2, -0.15) is 11.8 Å². The molecule has 3 aromatic carbocycles. The highest BCUT2D eigenvalue weighted by Crippen LogP contribution is 2.22. The van der Waals surface area contributed by atoms with Gasteiger partial charge in [-0.25, -0.2) is 0 Å². The van der Waals surface area contributed by atoms with E-state index in [0.717, 1.165) is 41.2 Å². The number of thioether (sulfide) groups is 1. The zero-order valence-electron chi connectivity index (χ0n) is 18.9. The lowest BCUT2D eigenvalue weighted by Crippen LogP contribution is -2.37. The molecule has 1 aliphatic heterocycles. The van der Waals surface area contributed by atoms with Crippen LogP contribution in [0.2, 0.25) is 0 Å². The highest BCUT2D eigenvalue weighted by molar-refractivity contribution is 7.99. The third kappa shape index (κ3) is 4.19. The van der Waals surface area contributed by atoms with Crippen molar-refractivity contribution in [1.29, 1.82) is 0 Å². The first-order chi connectivity index (χ1) is 16.5. The molecule has 6 nitrogen and oxygen atoms in total. The van der Waals surface area contributed by atoms with Crippen LogP contribution in [-0.4, -0.2) is 45.9 Å². The Bertz CT molecular complexity index is 1410. The summed E-state index contributed by atoms with van der Waals surface area (Å²) >= 11 is 1.87. The monoisotopic (exact) mass is 471 g/mol. The fourth-order valence-electron chi connectivity index (χ4n) is 4.47. The molecule has 0 aliphatic carbocycles. The molecule has 2 heterocycles. The molecule has 172 valence electrons. The fraction of sp³-hybridized carbons (Fsp3) is 0.222. The van der Waals surface area contributed by atoms with Crippen LogP contribution in [0.25, 0.3) is 21.8 Å². The zero-order chi connectivity index (χ0) is 23.7. The lowest BCUT2D eigenvalue weighted by Gasteiger charge is -2.26. The van der Waals surface area contributed by atoms with Gasteiger partial charge in [0.05, 0.1) is 11.0 Å². The number of nitrogens with one attached hydrogen (secondary N) is 1. The van der Waals surface area contributed by atoms with Crippen LogP contribution in [0.5, 0.6) is 0 Å². The molecule has 5 rings (SSSR count). The Labute approximate surface area is 201 Å². The van der Waals surface area contributed by atoms with Crippen molar-refractivity contribution < 1.29 is 9.59 Å². The van der Waals surface area contributed by atoms with Gasteiger partial charge in [0.15, 0.2) is 5.43 Å². The number of anilines is 1. The lowest BCUT2D eigenvalue weighted by molar-refractivity contribution is -0.116. The van der Waals surface area contributed by atoms with E-state index in [1.54, 1.807) is 24.3 Å². The maximum absolute atomic E-state index is 13.1. The molecular formula is C27H25N3O3S. The number of fused-ring (bicyclic) bond motifs is 2. The number of rotatable bonds is 4. The van der Waals surface area contributed by atoms with E-state index in [1.807, 2.05) is 70.6 Å². The number of pyridine rings is 1. The number of carbonyl (C=O) groups excluding carboxylic acids is 2. The van der Waals surface area contributed by atoms with Gasteiger partial charge in [0.25, 0.3) is 5.91 Å². The van der Waals surface area contributed by atoms with E-state index >= 15 is 0 Å². The Morgan fingerprint density at radius 1 is 0.912 bits per heavy atom. The smallest absolute Gasteiger partial charge is 0.253 e. The molecule has 0 spiro atoms. The fourth-order valence-corrected chi connectivity index (χ4v) is 5.37. The van der Waals surface area contributed by atoms with Gasteiger partial charge in [-0.3, -0.25) is 14.4 Å². The van der Waals surface area contributed by atoms with E-state index in [4.69, 9.17) is 0 Å². The second-order valence-corrected chi connectivity index (χ2v) is 9.66. The number of hydrogen-bond donors (Lipinski definition) is 1. The summed E-state index contributed by atoms with van der Waals surface area (Å²) in [6.45, 7) is 3.49. The van der Waals surface area contributed by atoms with Gasteiger partial charge < -0.3 is 14.8 Å². The van der Waals surface area contributed by atoms with Crippen LogP contribution < -0.4 is 10.7 Å². The number of carbonyl (C=O) groups is 2. The first-order valence-corrected chi connectivity index (χ1v) is 12.5. The molecule has 0 atom stereocenters. The van der Waals surface area contributed by atoms with Crippen molar-refractivity contribution in [3.63, 3.8) is 0 Å². The normalized spacial score (nSPS) is 13.9. The molecule has 0 radical (unpaired) electrons. The summed E-state index contributed by atoms with van der Waals surface area (Å²) in [5.41, 5.74) is 3.55. The SMILES string of the molecule is Cc1cc(C(=O)N2CCSCC2)ccc1NC(=O)Cn1c2ccccc2c(=O)c2ccccc21.